The molecule has 0 saturated heterocycles. The maximum absolute atomic E-state index is 12.8. The van der Waals surface area contributed by atoms with E-state index in [0.29, 0.717) is 42.7 Å². The Morgan fingerprint density at radius 2 is 0.949 bits per heavy atom. The Kier molecular flexibility index (Phi) is 6.97. The Morgan fingerprint density at radius 3 is 1.33 bits per heavy atom. The molecule has 0 unspecified atom stereocenters. The number of thiophene rings is 2. The number of carbonyl (C=O) groups excluding carboxylic acids is 2. The molecule has 0 fully saturated rings. The normalized spacial score (nSPS) is 11.0. The number of rotatable bonds is 6. The molecule has 0 bridgehead atoms. The number of nitrogens with one attached hydrogen (secondary N) is 2. The van der Waals surface area contributed by atoms with E-state index in [0.717, 1.165) is 20.2 Å². The van der Waals surface area contributed by atoms with Gasteiger partial charge in [-0.2, -0.15) is 0 Å². The van der Waals surface area contributed by atoms with Gasteiger partial charge in [0.2, 0.25) is 0 Å². The molecule has 5 nitrogen and oxygen atoms in total. The first-order chi connectivity index (χ1) is 19.0. The highest BCUT2D eigenvalue weighted by atomic mass is 35.5. The van der Waals surface area contributed by atoms with Gasteiger partial charge >= 0.3 is 0 Å². The number of fused-ring (bicyclic) bond motifs is 2. The monoisotopic (exact) mass is 588 g/mol. The topological polar surface area (TPSA) is 67.4 Å². The molecule has 4 aromatic carbocycles. The second kappa shape index (κ2) is 10.7. The number of ether oxygens (including phenoxy) is 1. The Hall–Kier alpha value is -3.88. The van der Waals surface area contributed by atoms with Gasteiger partial charge in [-0.15, -0.1) is 22.7 Å². The number of amides is 2. The van der Waals surface area contributed by atoms with Gasteiger partial charge in [-0.3, -0.25) is 9.59 Å². The minimum absolute atomic E-state index is 0.260. The lowest BCUT2D eigenvalue weighted by Gasteiger charge is -2.09. The molecule has 9 heteroatoms. The van der Waals surface area contributed by atoms with Crippen molar-refractivity contribution in [2.75, 3.05) is 10.6 Å². The smallest absolute Gasteiger partial charge is 0.267 e. The first-order valence-corrected chi connectivity index (χ1v) is 14.2. The van der Waals surface area contributed by atoms with Gasteiger partial charge in [-0.05, 0) is 60.7 Å². The maximum Gasteiger partial charge on any atom is 0.267 e. The van der Waals surface area contributed by atoms with Crippen LogP contribution in [0.3, 0.4) is 0 Å². The van der Waals surface area contributed by atoms with Crippen molar-refractivity contribution in [2.24, 2.45) is 0 Å². The first-order valence-electron chi connectivity index (χ1n) is 11.8. The maximum atomic E-state index is 12.8. The summed E-state index contributed by atoms with van der Waals surface area (Å²) in [6, 6.07) is 29.4. The van der Waals surface area contributed by atoms with Crippen LogP contribution in [0.15, 0.2) is 97.1 Å². The van der Waals surface area contributed by atoms with Crippen LogP contribution >= 0.6 is 45.9 Å². The molecule has 2 N–H and O–H groups in total. The summed E-state index contributed by atoms with van der Waals surface area (Å²) >= 11 is 15.6. The lowest BCUT2D eigenvalue weighted by Crippen LogP contribution is -2.10. The minimum atomic E-state index is -0.260. The first kappa shape index (κ1) is 25.4. The molecule has 0 aliphatic rings. The van der Waals surface area contributed by atoms with E-state index < -0.39 is 0 Å². The molecule has 2 aromatic heterocycles. The molecule has 2 heterocycles. The quantitative estimate of drug-likeness (QED) is 0.203. The Bertz CT molecular complexity index is 1710. The molecule has 0 saturated carbocycles. The van der Waals surface area contributed by atoms with Crippen LogP contribution in [-0.2, 0) is 0 Å². The average molecular weight is 590 g/mol. The van der Waals surface area contributed by atoms with Crippen molar-refractivity contribution < 1.29 is 14.3 Å². The molecule has 192 valence electrons. The second-order valence-electron chi connectivity index (χ2n) is 8.54. The van der Waals surface area contributed by atoms with Crippen molar-refractivity contribution in [1.29, 1.82) is 0 Å². The van der Waals surface area contributed by atoms with Gasteiger partial charge < -0.3 is 15.4 Å². The predicted octanol–water partition coefficient (Wildman–Crippen LogP) is 9.72. The summed E-state index contributed by atoms with van der Waals surface area (Å²) in [5.74, 6) is 0.678. The third-order valence-electron chi connectivity index (χ3n) is 5.94. The highest BCUT2D eigenvalue weighted by Gasteiger charge is 2.18. The van der Waals surface area contributed by atoms with Crippen LogP contribution in [0, 0.1) is 0 Å². The van der Waals surface area contributed by atoms with E-state index in [2.05, 4.69) is 10.6 Å². The molecular weight excluding hydrogens is 571 g/mol. The summed E-state index contributed by atoms with van der Waals surface area (Å²) in [5, 5.41) is 8.42. The summed E-state index contributed by atoms with van der Waals surface area (Å²) in [5.41, 5.74) is 1.25. The number of carbonyl (C=O) groups is 2. The standard InChI is InChI=1S/C30H18Cl2N2O3S2/c31-25-21-5-1-3-7-23(21)38-27(25)29(35)33-17-9-13-19(14-10-17)37-20-15-11-18(12-16-20)34-30(36)28-26(32)22-6-2-4-8-24(22)39-28/h1-16H,(H,33,35)(H,34,36). The third kappa shape index (κ3) is 5.22. The van der Waals surface area contributed by atoms with Crippen LogP contribution in [0.4, 0.5) is 11.4 Å². The summed E-state index contributed by atoms with van der Waals surface area (Å²) in [4.78, 5) is 26.5. The van der Waals surface area contributed by atoms with Gasteiger partial charge in [-0.25, -0.2) is 0 Å². The molecule has 39 heavy (non-hydrogen) atoms. The van der Waals surface area contributed by atoms with Gasteiger partial charge in [0.1, 0.15) is 21.3 Å². The largest absolute Gasteiger partial charge is 0.457 e. The SMILES string of the molecule is O=C(Nc1ccc(Oc2ccc(NC(=O)c3sc4ccccc4c3Cl)cc2)cc1)c1sc2ccccc2c1Cl. The van der Waals surface area contributed by atoms with Crippen molar-refractivity contribution in [3.05, 3.63) is 117 Å². The van der Waals surface area contributed by atoms with Gasteiger partial charge in [0, 0.05) is 31.5 Å². The molecule has 2 amide bonds. The zero-order chi connectivity index (χ0) is 26.9. The fraction of sp³-hybridized carbons (Fsp3) is 0. The number of hydrogen-bond acceptors (Lipinski definition) is 5. The second-order valence-corrected chi connectivity index (χ2v) is 11.4. The van der Waals surface area contributed by atoms with E-state index >= 15 is 0 Å². The highest BCUT2D eigenvalue weighted by molar-refractivity contribution is 7.22. The summed E-state index contributed by atoms with van der Waals surface area (Å²) < 4.78 is 7.85. The van der Waals surface area contributed by atoms with Crippen molar-refractivity contribution >= 4 is 89.2 Å². The fourth-order valence-electron chi connectivity index (χ4n) is 4.04. The Morgan fingerprint density at radius 1 is 0.564 bits per heavy atom. The summed E-state index contributed by atoms with van der Waals surface area (Å²) in [6.07, 6.45) is 0. The molecular formula is C30H18Cl2N2O3S2. The molecule has 0 spiro atoms. The van der Waals surface area contributed by atoms with E-state index in [1.54, 1.807) is 48.5 Å². The Balaban J connectivity index is 1.08. The number of halogens is 2. The van der Waals surface area contributed by atoms with Crippen LogP contribution in [0.2, 0.25) is 10.0 Å². The predicted molar refractivity (Wildman–Crippen MR) is 163 cm³/mol. The van der Waals surface area contributed by atoms with Crippen LogP contribution in [-0.4, -0.2) is 11.8 Å². The van der Waals surface area contributed by atoms with Crippen molar-refractivity contribution in [2.45, 2.75) is 0 Å². The van der Waals surface area contributed by atoms with E-state index in [-0.39, 0.29) is 11.8 Å². The van der Waals surface area contributed by atoms with Crippen LogP contribution in [0.25, 0.3) is 20.2 Å². The van der Waals surface area contributed by atoms with E-state index in [1.165, 1.54) is 22.7 Å². The van der Waals surface area contributed by atoms with E-state index in [1.807, 2.05) is 48.5 Å². The van der Waals surface area contributed by atoms with Crippen molar-refractivity contribution in [3.63, 3.8) is 0 Å². The van der Waals surface area contributed by atoms with Gasteiger partial charge in [-0.1, -0.05) is 59.6 Å². The number of benzene rings is 4. The number of hydrogen-bond donors (Lipinski definition) is 2. The molecule has 0 aliphatic heterocycles. The van der Waals surface area contributed by atoms with Gasteiger partial charge in [0.15, 0.2) is 0 Å². The fourth-order valence-corrected chi connectivity index (χ4v) is 6.87. The molecule has 0 aliphatic carbocycles. The van der Waals surface area contributed by atoms with Crippen LogP contribution < -0.4 is 15.4 Å². The van der Waals surface area contributed by atoms with E-state index in [4.69, 9.17) is 27.9 Å². The van der Waals surface area contributed by atoms with Gasteiger partial charge in [0.05, 0.1) is 10.0 Å². The molecule has 0 radical (unpaired) electrons. The highest BCUT2D eigenvalue weighted by Crippen LogP contribution is 2.37. The summed E-state index contributed by atoms with van der Waals surface area (Å²) in [6.45, 7) is 0. The average Bonchev–Trinajstić information content (AvgIpc) is 3.48. The van der Waals surface area contributed by atoms with Crippen LogP contribution in [0.1, 0.15) is 19.3 Å². The summed E-state index contributed by atoms with van der Waals surface area (Å²) in [7, 11) is 0. The zero-order valence-electron chi connectivity index (χ0n) is 20.0. The van der Waals surface area contributed by atoms with Crippen LogP contribution in [0.5, 0.6) is 11.5 Å². The lowest BCUT2D eigenvalue weighted by atomic mass is 10.2. The zero-order valence-corrected chi connectivity index (χ0v) is 23.2. The lowest BCUT2D eigenvalue weighted by molar-refractivity contribution is 0.102. The van der Waals surface area contributed by atoms with Crippen molar-refractivity contribution in [1.82, 2.24) is 0 Å². The molecule has 6 aromatic rings. The molecule has 0 atom stereocenters. The minimum Gasteiger partial charge on any atom is -0.457 e. The third-order valence-corrected chi connectivity index (χ3v) is 9.29. The number of anilines is 2. The Labute approximate surface area is 241 Å². The molecule has 6 rings (SSSR count). The van der Waals surface area contributed by atoms with Crippen molar-refractivity contribution in [3.8, 4) is 11.5 Å². The van der Waals surface area contributed by atoms with E-state index in [9.17, 15) is 9.59 Å². The van der Waals surface area contributed by atoms with Gasteiger partial charge in [0.25, 0.3) is 11.8 Å².